The fourth-order valence-electron chi connectivity index (χ4n) is 4.99. The summed E-state index contributed by atoms with van der Waals surface area (Å²) >= 11 is 15.0. The highest BCUT2D eigenvalue weighted by molar-refractivity contribution is 7.30. The van der Waals surface area contributed by atoms with E-state index >= 15 is 0 Å². The van der Waals surface area contributed by atoms with Crippen LogP contribution in [0.25, 0.3) is 0 Å². The lowest BCUT2D eigenvalue weighted by molar-refractivity contribution is 0.485. The zero-order chi connectivity index (χ0) is 19.6. The maximum atomic E-state index is 7.52. The fourth-order valence-corrected chi connectivity index (χ4v) is 14.6. The first-order chi connectivity index (χ1) is 11.9. The Morgan fingerprint density at radius 1 is 0.577 bits per heavy atom. The van der Waals surface area contributed by atoms with E-state index in [2.05, 4.69) is 52.6 Å². The average molecular weight is 432 g/mol. The van der Waals surface area contributed by atoms with Gasteiger partial charge in [0.1, 0.15) is 0 Å². The van der Waals surface area contributed by atoms with Crippen LogP contribution in [0.15, 0.2) is 0 Å². The van der Waals surface area contributed by atoms with Gasteiger partial charge in [-0.05, 0) is 21.2 Å². The summed E-state index contributed by atoms with van der Waals surface area (Å²) in [4.78, 5) is 0. The predicted octanol–water partition coefficient (Wildman–Crippen LogP) is 8.71. The van der Waals surface area contributed by atoms with E-state index in [9.17, 15) is 0 Å². The first kappa shape index (κ1) is 22.9. The van der Waals surface area contributed by atoms with E-state index in [1.807, 2.05) is 0 Å². The molecule has 0 amide bonds. The first-order valence-corrected chi connectivity index (χ1v) is 17.0. The lowest BCUT2D eigenvalue weighted by atomic mass is 10.0. The minimum atomic E-state index is -2.24. The Morgan fingerprint density at radius 2 is 0.846 bits per heavy atom. The summed E-state index contributed by atoms with van der Waals surface area (Å²) < 4.78 is 0. The average Bonchev–Trinajstić information content (AvgIpc) is 2.59. The Hall–Kier alpha value is 0.574. The molecule has 0 nitrogen and oxygen atoms in total. The predicted molar refractivity (Wildman–Crippen MR) is 124 cm³/mol. The minimum absolute atomic E-state index is 0.0974. The molecule has 2 fully saturated rings. The van der Waals surface area contributed by atoms with Crippen LogP contribution in [-0.2, 0) is 0 Å². The van der Waals surface area contributed by atoms with E-state index in [1.54, 1.807) is 0 Å². The van der Waals surface area contributed by atoms with Crippen LogP contribution in [0.3, 0.4) is 0 Å². The molecule has 0 aromatic heterocycles. The molecule has 2 aliphatic carbocycles. The summed E-state index contributed by atoms with van der Waals surface area (Å²) in [6.45, 7) is 13.9. The van der Waals surface area contributed by atoms with Crippen molar-refractivity contribution in [2.75, 3.05) is 0 Å². The van der Waals surface area contributed by atoms with Crippen molar-refractivity contribution in [1.29, 1.82) is 0 Å². The van der Waals surface area contributed by atoms with Gasteiger partial charge < -0.3 is 0 Å². The van der Waals surface area contributed by atoms with Crippen LogP contribution in [0.4, 0.5) is 0 Å². The van der Waals surface area contributed by atoms with Crippen molar-refractivity contribution >= 4 is 36.9 Å². The quantitative estimate of drug-likeness (QED) is 0.233. The van der Waals surface area contributed by atoms with E-state index in [-0.39, 0.29) is 10.1 Å². The first-order valence-electron chi connectivity index (χ1n) is 10.8. The van der Waals surface area contributed by atoms with Gasteiger partial charge in [0.2, 0.25) is 14.8 Å². The number of rotatable bonds is 2. The van der Waals surface area contributed by atoms with Gasteiger partial charge >= 0.3 is 0 Å². The van der Waals surface area contributed by atoms with Gasteiger partial charge in [-0.3, -0.25) is 0 Å². The third kappa shape index (κ3) is 4.76. The van der Waals surface area contributed by atoms with Crippen LogP contribution in [0.2, 0.25) is 21.2 Å². The smallest absolute Gasteiger partial charge is 0.149 e. The highest BCUT2D eigenvalue weighted by Gasteiger charge is 2.52. The Balaban J connectivity index is 2.42. The minimum Gasteiger partial charge on any atom is -0.149 e. The molecule has 2 unspecified atom stereocenters. The SMILES string of the molecule is CC(C)(C)[Si](Cl)(C#C[Si](Cl)(C1CCCCC1)C(C)(C)C)C1CCCCC1. The molecular weight excluding hydrogens is 391 g/mol. The van der Waals surface area contributed by atoms with Crippen molar-refractivity contribution in [3.63, 3.8) is 0 Å². The Bertz CT molecular complexity index is 479. The Kier molecular flexibility index (Phi) is 7.49. The molecule has 0 spiro atoms. The van der Waals surface area contributed by atoms with Crippen molar-refractivity contribution in [2.24, 2.45) is 0 Å². The van der Waals surface area contributed by atoms with Gasteiger partial charge in [0.25, 0.3) is 0 Å². The standard InChI is InChI=1S/C22H40Cl2Si2/c1-21(2,3)25(23,19-13-9-7-10-14-19)17-18-26(24,22(4,5)6)20-15-11-8-12-16-20/h19-20H,7-16H2,1-6H3. The lowest BCUT2D eigenvalue weighted by Gasteiger charge is -2.43. The van der Waals surface area contributed by atoms with E-state index in [0.29, 0.717) is 11.1 Å². The molecular formula is C22H40Cl2Si2. The lowest BCUT2D eigenvalue weighted by Crippen LogP contribution is -2.46. The maximum absolute atomic E-state index is 7.52. The monoisotopic (exact) mass is 430 g/mol. The maximum Gasteiger partial charge on any atom is 0.241 e. The normalized spacial score (nSPS) is 25.7. The van der Waals surface area contributed by atoms with Gasteiger partial charge in [-0.2, -0.15) is 0 Å². The molecule has 4 heteroatoms. The molecule has 26 heavy (non-hydrogen) atoms. The molecule has 0 heterocycles. The molecule has 0 aromatic rings. The second-order valence-corrected chi connectivity index (χ2v) is 22.4. The summed E-state index contributed by atoms with van der Waals surface area (Å²) in [7, 11) is -4.48. The summed E-state index contributed by atoms with van der Waals surface area (Å²) in [5, 5.41) is 0.195. The Morgan fingerprint density at radius 3 is 1.08 bits per heavy atom. The van der Waals surface area contributed by atoms with Crippen molar-refractivity contribution < 1.29 is 0 Å². The van der Waals surface area contributed by atoms with E-state index in [1.165, 1.54) is 64.2 Å². The van der Waals surface area contributed by atoms with Crippen LogP contribution in [0.1, 0.15) is 106 Å². The highest BCUT2D eigenvalue weighted by atomic mass is 35.6. The molecule has 0 N–H and O–H groups in total. The molecule has 2 aliphatic rings. The molecule has 0 aliphatic heterocycles. The van der Waals surface area contributed by atoms with Gasteiger partial charge in [-0.25, -0.2) is 0 Å². The van der Waals surface area contributed by atoms with E-state index in [0.717, 1.165) is 0 Å². The van der Waals surface area contributed by atoms with E-state index in [4.69, 9.17) is 22.2 Å². The van der Waals surface area contributed by atoms with Crippen molar-refractivity contribution in [3.05, 3.63) is 0 Å². The zero-order valence-electron chi connectivity index (χ0n) is 18.0. The van der Waals surface area contributed by atoms with Gasteiger partial charge in [0.05, 0.1) is 0 Å². The zero-order valence-corrected chi connectivity index (χ0v) is 21.5. The fraction of sp³-hybridized carbons (Fsp3) is 0.909. The van der Waals surface area contributed by atoms with Gasteiger partial charge in [-0.15, -0.1) is 33.2 Å². The van der Waals surface area contributed by atoms with Gasteiger partial charge in [0, 0.05) is 0 Å². The molecule has 2 saturated carbocycles. The van der Waals surface area contributed by atoms with Crippen molar-refractivity contribution in [1.82, 2.24) is 0 Å². The molecule has 0 radical (unpaired) electrons. The third-order valence-corrected chi connectivity index (χ3v) is 21.8. The van der Waals surface area contributed by atoms with Gasteiger partial charge in [0.15, 0.2) is 0 Å². The Labute approximate surface area is 174 Å². The largest absolute Gasteiger partial charge is 0.241 e. The number of hydrogen-bond donors (Lipinski definition) is 0. The molecule has 0 bridgehead atoms. The summed E-state index contributed by atoms with van der Waals surface area (Å²) in [6.07, 6.45) is 13.2. The van der Waals surface area contributed by atoms with E-state index < -0.39 is 14.8 Å². The van der Waals surface area contributed by atoms with Crippen molar-refractivity contribution in [3.8, 4) is 11.1 Å². The van der Waals surface area contributed by atoms with Crippen LogP contribution >= 0.6 is 22.2 Å². The summed E-state index contributed by atoms with van der Waals surface area (Å²) in [5.41, 5.74) is 8.93. The topological polar surface area (TPSA) is 0 Å². The van der Waals surface area contributed by atoms with Crippen LogP contribution in [0, 0.1) is 11.1 Å². The molecule has 0 aromatic carbocycles. The third-order valence-electron chi connectivity index (χ3n) is 6.94. The second-order valence-electron chi connectivity index (χ2n) is 10.8. The van der Waals surface area contributed by atoms with Crippen LogP contribution in [-0.4, -0.2) is 14.8 Å². The second kappa shape index (κ2) is 8.52. The molecule has 150 valence electrons. The highest BCUT2D eigenvalue weighted by Crippen LogP contribution is 2.54. The summed E-state index contributed by atoms with van der Waals surface area (Å²) in [5.74, 6) is 0. The number of halogens is 2. The van der Waals surface area contributed by atoms with Gasteiger partial charge in [-0.1, -0.05) is 106 Å². The van der Waals surface area contributed by atoms with Crippen LogP contribution < -0.4 is 0 Å². The van der Waals surface area contributed by atoms with Crippen molar-refractivity contribution in [2.45, 2.75) is 127 Å². The number of hydrogen-bond acceptors (Lipinski definition) is 0. The molecule has 0 saturated heterocycles. The molecule has 2 atom stereocenters. The van der Waals surface area contributed by atoms with Crippen LogP contribution in [0.5, 0.6) is 0 Å². The summed E-state index contributed by atoms with van der Waals surface area (Å²) in [6, 6.07) is 0. The molecule has 2 rings (SSSR count).